The molecule has 0 saturated heterocycles. The van der Waals surface area contributed by atoms with Crippen LogP contribution in [0.5, 0.6) is 0 Å². The van der Waals surface area contributed by atoms with Crippen molar-refractivity contribution >= 4 is 23.7 Å². The van der Waals surface area contributed by atoms with E-state index < -0.39 is 17.7 Å². The molecule has 2 heterocycles. The summed E-state index contributed by atoms with van der Waals surface area (Å²) in [6.45, 7) is 5.13. The number of ether oxygens (including phenoxy) is 2. The van der Waals surface area contributed by atoms with Crippen molar-refractivity contribution in [2.75, 3.05) is 12.0 Å². The molecule has 0 N–H and O–H groups in total. The summed E-state index contributed by atoms with van der Waals surface area (Å²) in [5.41, 5.74) is 0.276. The summed E-state index contributed by atoms with van der Waals surface area (Å²) in [5, 5.41) is 0. The number of hydrogen-bond acceptors (Lipinski definition) is 6. The minimum Gasteiger partial charge on any atom is -0.465 e. The molecule has 0 spiro atoms. The minimum atomic E-state index is -0.776. The number of amides is 2. The maximum atomic E-state index is 12.3. The lowest BCUT2D eigenvalue weighted by atomic mass is 10.1. The van der Waals surface area contributed by atoms with Crippen LogP contribution >= 0.6 is 0 Å². The van der Waals surface area contributed by atoms with Gasteiger partial charge in [0.05, 0.1) is 24.1 Å². The largest absolute Gasteiger partial charge is 0.465 e. The van der Waals surface area contributed by atoms with Gasteiger partial charge in [-0.1, -0.05) is 0 Å². The first-order valence-corrected chi connectivity index (χ1v) is 6.86. The highest BCUT2D eigenvalue weighted by Crippen LogP contribution is 2.29. The predicted molar refractivity (Wildman–Crippen MR) is 77.6 cm³/mol. The Hall–Kier alpha value is -2.44. The number of esters is 1. The van der Waals surface area contributed by atoms with Crippen molar-refractivity contribution in [3.8, 4) is 0 Å². The number of imide groups is 1. The maximum Gasteiger partial charge on any atom is 0.421 e. The zero-order valence-corrected chi connectivity index (χ0v) is 13.0. The number of aryl methyl sites for hydroxylation is 1. The minimum absolute atomic E-state index is 0.164. The fourth-order valence-electron chi connectivity index (χ4n) is 2.08. The fourth-order valence-corrected chi connectivity index (χ4v) is 2.08. The monoisotopic (exact) mass is 306 g/mol. The second kappa shape index (κ2) is 5.75. The topological polar surface area (TPSA) is 85.8 Å². The Morgan fingerprint density at radius 3 is 2.55 bits per heavy atom. The van der Waals surface area contributed by atoms with Gasteiger partial charge in [-0.15, -0.1) is 0 Å². The van der Waals surface area contributed by atoms with E-state index >= 15 is 0 Å². The average Bonchev–Trinajstić information content (AvgIpc) is 2.43. The van der Waals surface area contributed by atoms with Crippen molar-refractivity contribution in [3.63, 3.8) is 0 Å². The zero-order valence-electron chi connectivity index (χ0n) is 13.0. The summed E-state index contributed by atoms with van der Waals surface area (Å²) in [4.78, 5) is 41.1. The first-order valence-electron chi connectivity index (χ1n) is 6.86. The highest BCUT2D eigenvalue weighted by molar-refractivity contribution is 6.14. The second-order valence-electron chi connectivity index (χ2n) is 5.89. The molecule has 118 valence electrons. The van der Waals surface area contributed by atoms with Gasteiger partial charge in [-0.3, -0.25) is 9.78 Å². The van der Waals surface area contributed by atoms with E-state index in [0.717, 1.165) is 4.90 Å². The Balaban J connectivity index is 2.42. The van der Waals surface area contributed by atoms with Gasteiger partial charge in [0.25, 0.3) is 0 Å². The summed E-state index contributed by atoms with van der Waals surface area (Å²) < 4.78 is 9.89. The molecule has 1 aliphatic rings. The van der Waals surface area contributed by atoms with E-state index in [1.807, 2.05) is 0 Å². The van der Waals surface area contributed by atoms with Crippen LogP contribution in [0.25, 0.3) is 0 Å². The Kier molecular flexibility index (Phi) is 4.16. The number of aromatic nitrogens is 1. The first-order chi connectivity index (χ1) is 10.2. The molecule has 1 aliphatic heterocycles. The Morgan fingerprint density at radius 2 is 1.95 bits per heavy atom. The van der Waals surface area contributed by atoms with Crippen LogP contribution in [-0.4, -0.2) is 35.7 Å². The molecule has 2 amide bonds. The normalized spacial score (nSPS) is 14.4. The van der Waals surface area contributed by atoms with Gasteiger partial charge in [0.2, 0.25) is 5.91 Å². The molecule has 7 nitrogen and oxygen atoms in total. The van der Waals surface area contributed by atoms with E-state index in [1.54, 1.807) is 20.8 Å². The van der Waals surface area contributed by atoms with Crippen LogP contribution in [-0.2, 0) is 20.7 Å². The van der Waals surface area contributed by atoms with Gasteiger partial charge >= 0.3 is 12.1 Å². The number of fused-ring (bicyclic) bond motifs is 1. The molecule has 0 bridgehead atoms. The summed E-state index contributed by atoms with van der Waals surface area (Å²) in [6, 6.07) is 1.43. The van der Waals surface area contributed by atoms with Crippen LogP contribution in [0.15, 0.2) is 12.3 Å². The van der Waals surface area contributed by atoms with Crippen LogP contribution < -0.4 is 4.90 Å². The number of carbonyl (C=O) groups excluding carboxylic acids is 3. The maximum absolute atomic E-state index is 12.3. The molecule has 7 heteroatoms. The third-order valence-corrected chi connectivity index (χ3v) is 3.01. The quantitative estimate of drug-likeness (QED) is 0.738. The fraction of sp³-hybridized carbons (Fsp3) is 0.467. The van der Waals surface area contributed by atoms with Crippen LogP contribution in [0.3, 0.4) is 0 Å². The lowest BCUT2D eigenvalue weighted by Crippen LogP contribution is -2.43. The Bertz CT molecular complexity index is 633. The van der Waals surface area contributed by atoms with Crippen molar-refractivity contribution in [3.05, 3.63) is 23.5 Å². The zero-order chi connectivity index (χ0) is 16.5. The number of methoxy groups -OCH3 is 1. The molecule has 1 aromatic rings. The number of hydrogen-bond donors (Lipinski definition) is 0. The van der Waals surface area contributed by atoms with Gasteiger partial charge in [0.1, 0.15) is 5.60 Å². The number of carbonyl (C=O) groups is 3. The summed E-state index contributed by atoms with van der Waals surface area (Å²) >= 11 is 0. The first kappa shape index (κ1) is 15.9. The summed E-state index contributed by atoms with van der Waals surface area (Å²) in [6.07, 6.45) is 1.17. The molecule has 0 atom stereocenters. The molecule has 0 radical (unpaired) electrons. The van der Waals surface area contributed by atoms with Crippen LogP contribution in [0.2, 0.25) is 0 Å². The van der Waals surface area contributed by atoms with Gasteiger partial charge in [0, 0.05) is 19.0 Å². The van der Waals surface area contributed by atoms with E-state index in [4.69, 9.17) is 4.74 Å². The SMILES string of the molecule is COC(=O)c1cnc2c(c1)N(C(=O)OC(C)(C)C)C(=O)CC2. The lowest BCUT2D eigenvalue weighted by molar-refractivity contribution is -0.118. The van der Waals surface area contributed by atoms with E-state index in [1.165, 1.54) is 19.4 Å². The molecular formula is C15H18N2O5. The molecule has 0 saturated carbocycles. The summed E-state index contributed by atoms with van der Waals surface area (Å²) in [5.74, 6) is -0.969. The highest BCUT2D eigenvalue weighted by atomic mass is 16.6. The van der Waals surface area contributed by atoms with Gasteiger partial charge < -0.3 is 9.47 Å². The van der Waals surface area contributed by atoms with Gasteiger partial charge in [0.15, 0.2) is 0 Å². The van der Waals surface area contributed by atoms with Gasteiger partial charge in [-0.2, -0.15) is 0 Å². The molecule has 22 heavy (non-hydrogen) atoms. The predicted octanol–water partition coefficient (Wildman–Crippen LogP) is 2.08. The van der Waals surface area contributed by atoms with Crippen molar-refractivity contribution in [2.45, 2.75) is 39.2 Å². The van der Waals surface area contributed by atoms with Gasteiger partial charge in [-0.25, -0.2) is 14.5 Å². The molecule has 0 fully saturated rings. The smallest absolute Gasteiger partial charge is 0.421 e. The van der Waals surface area contributed by atoms with E-state index in [0.29, 0.717) is 12.1 Å². The number of pyridine rings is 1. The van der Waals surface area contributed by atoms with Crippen molar-refractivity contribution in [1.29, 1.82) is 0 Å². The summed E-state index contributed by atoms with van der Waals surface area (Å²) in [7, 11) is 1.25. The van der Waals surface area contributed by atoms with Crippen molar-refractivity contribution in [1.82, 2.24) is 4.98 Å². The molecule has 0 unspecified atom stereocenters. The van der Waals surface area contributed by atoms with Crippen molar-refractivity contribution in [2.24, 2.45) is 0 Å². The van der Waals surface area contributed by atoms with Gasteiger partial charge in [-0.05, 0) is 26.8 Å². The standard InChI is InChI=1S/C15H18N2O5/c1-15(2,3)22-14(20)17-11-7-9(13(19)21-4)8-16-10(11)5-6-12(17)18/h7-8H,5-6H2,1-4H3. The highest BCUT2D eigenvalue weighted by Gasteiger charge is 2.34. The average molecular weight is 306 g/mol. The third-order valence-electron chi connectivity index (χ3n) is 3.01. The molecular weight excluding hydrogens is 288 g/mol. The van der Waals surface area contributed by atoms with E-state index in [9.17, 15) is 14.4 Å². The Morgan fingerprint density at radius 1 is 1.27 bits per heavy atom. The number of nitrogens with zero attached hydrogens (tertiary/aromatic N) is 2. The Labute approximate surface area is 128 Å². The van der Waals surface area contributed by atoms with Crippen LogP contribution in [0.1, 0.15) is 43.2 Å². The molecule has 1 aromatic heterocycles. The van der Waals surface area contributed by atoms with Crippen LogP contribution in [0.4, 0.5) is 10.5 Å². The molecule has 0 aliphatic carbocycles. The third kappa shape index (κ3) is 3.24. The van der Waals surface area contributed by atoms with Crippen molar-refractivity contribution < 1.29 is 23.9 Å². The molecule has 2 rings (SSSR count). The van der Waals surface area contributed by atoms with Crippen LogP contribution in [0, 0.1) is 0 Å². The number of rotatable bonds is 1. The van der Waals surface area contributed by atoms with E-state index in [-0.39, 0.29) is 23.6 Å². The lowest BCUT2D eigenvalue weighted by Gasteiger charge is -2.29. The second-order valence-corrected chi connectivity index (χ2v) is 5.89. The number of anilines is 1. The molecule has 0 aromatic carbocycles. The van der Waals surface area contributed by atoms with E-state index in [2.05, 4.69) is 9.72 Å².